The zero-order valence-corrected chi connectivity index (χ0v) is 17.7. The number of hydrogen-bond acceptors (Lipinski definition) is 3. The maximum Gasteiger partial charge on any atom is 0.307 e. The fourth-order valence-corrected chi connectivity index (χ4v) is 3.89. The molecule has 0 fully saturated rings. The first-order chi connectivity index (χ1) is 15.0. The third kappa shape index (κ3) is 4.56. The van der Waals surface area contributed by atoms with E-state index < -0.39 is 5.97 Å². The fourth-order valence-electron chi connectivity index (χ4n) is 3.89. The Morgan fingerprint density at radius 3 is 2.45 bits per heavy atom. The van der Waals surface area contributed by atoms with E-state index in [-0.39, 0.29) is 6.42 Å². The summed E-state index contributed by atoms with van der Waals surface area (Å²) in [7, 11) is 1.61. The summed E-state index contributed by atoms with van der Waals surface area (Å²) in [5.41, 5.74) is 4.96. The quantitative estimate of drug-likeness (QED) is 0.429. The van der Waals surface area contributed by atoms with Crippen molar-refractivity contribution in [2.24, 2.45) is 0 Å². The lowest BCUT2D eigenvalue weighted by atomic mass is 10.1. The van der Waals surface area contributed by atoms with Crippen molar-refractivity contribution in [3.63, 3.8) is 0 Å². The Hall–Kier alpha value is -3.73. The van der Waals surface area contributed by atoms with Gasteiger partial charge in [-0.2, -0.15) is 0 Å². The number of fused-ring (bicyclic) bond motifs is 1. The molecule has 158 valence electrons. The number of aliphatic carboxylic acids is 1. The second-order valence-electron chi connectivity index (χ2n) is 7.53. The van der Waals surface area contributed by atoms with Crippen LogP contribution >= 0.6 is 0 Å². The van der Waals surface area contributed by atoms with Gasteiger partial charge in [-0.1, -0.05) is 42.5 Å². The van der Waals surface area contributed by atoms with Gasteiger partial charge in [0.15, 0.2) is 0 Å². The summed E-state index contributed by atoms with van der Waals surface area (Å²) in [5.74, 6) is 0.678. The summed E-state index contributed by atoms with van der Waals surface area (Å²) < 4.78 is 13.5. The number of carboxylic acid groups (broad SMARTS) is 1. The predicted molar refractivity (Wildman–Crippen MR) is 121 cm³/mol. The monoisotopic (exact) mass is 415 g/mol. The second kappa shape index (κ2) is 8.96. The van der Waals surface area contributed by atoms with Crippen molar-refractivity contribution < 1.29 is 19.4 Å². The summed E-state index contributed by atoms with van der Waals surface area (Å²) in [5, 5.41) is 10.3. The molecule has 0 aliphatic rings. The van der Waals surface area contributed by atoms with Crippen molar-refractivity contribution in [1.82, 2.24) is 4.57 Å². The van der Waals surface area contributed by atoms with Gasteiger partial charge in [0, 0.05) is 23.1 Å². The number of benzene rings is 3. The van der Waals surface area contributed by atoms with Gasteiger partial charge in [0.2, 0.25) is 0 Å². The van der Waals surface area contributed by atoms with Gasteiger partial charge < -0.3 is 19.1 Å². The second-order valence-corrected chi connectivity index (χ2v) is 7.53. The van der Waals surface area contributed by atoms with Crippen molar-refractivity contribution in [3.8, 4) is 11.5 Å². The molecule has 4 aromatic rings. The minimum absolute atomic E-state index is 0.0251. The van der Waals surface area contributed by atoms with E-state index in [0.29, 0.717) is 18.9 Å². The van der Waals surface area contributed by atoms with E-state index in [4.69, 9.17) is 9.47 Å². The molecular formula is C26H25NO4. The number of carboxylic acids is 1. The summed E-state index contributed by atoms with van der Waals surface area (Å²) in [4.78, 5) is 11.5. The average Bonchev–Trinajstić information content (AvgIpc) is 3.03. The molecule has 1 N–H and O–H groups in total. The van der Waals surface area contributed by atoms with E-state index in [1.54, 1.807) is 7.11 Å². The Labute approximate surface area is 181 Å². The van der Waals surface area contributed by atoms with Gasteiger partial charge in [0.25, 0.3) is 0 Å². The molecule has 4 rings (SSSR count). The zero-order chi connectivity index (χ0) is 21.8. The molecular weight excluding hydrogens is 390 g/mol. The van der Waals surface area contributed by atoms with Crippen molar-refractivity contribution in [2.45, 2.75) is 26.5 Å². The number of methoxy groups -OCH3 is 1. The van der Waals surface area contributed by atoms with E-state index >= 15 is 0 Å². The largest absolute Gasteiger partial charge is 0.497 e. The Bertz CT molecular complexity index is 1210. The Morgan fingerprint density at radius 1 is 0.935 bits per heavy atom. The zero-order valence-electron chi connectivity index (χ0n) is 17.7. The summed E-state index contributed by atoms with van der Waals surface area (Å²) in [6.07, 6.45) is -0.0251. The molecule has 0 atom stereocenters. The first-order valence-corrected chi connectivity index (χ1v) is 10.2. The first-order valence-electron chi connectivity index (χ1n) is 10.2. The lowest BCUT2D eigenvalue weighted by Crippen LogP contribution is -2.05. The van der Waals surface area contributed by atoms with Crippen molar-refractivity contribution in [1.29, 1.82) is 0 Å². The number of carbonyl (C=O) groups is 1. The van der Waals surface area contributed by atoms with Gasteiger partial charge in [-0.05, 0) is 53.9 Å². The highest BCUT2D eigenvalue weighted by molar-refractivity contribution is 5.90. The smallest absolute Gasteiger partial charge is 0.307 e. The van der Waals surface area contributed by atoms with Crippen LogP contribution in [0.5, 0.6) is 11.5 Å². The first kappa shape index (κ1) is 20.5. The lowest BCUT2D eigenvalue weighted by molar-refractivity contribution is -0.136. The normalized spacial score (nSPS) is 10.9. The average molecular weight is 415 g/mol. The van der Waals surface area contributed by atoms with E-state index in [2.05, 4.69) is 10.6 Å². The molecule has 1 aromatic heterocycles. The maximum atomic E-state index is 11.5. The molecule has 31 heavy (non-hydrogen) atoms. The summed E-state index contributed by atoms with van der Waals surface area (Å²) >= 11 is 0. The van der Waals surface area contributed by atoms with E-state index in [1.165, 1.54) is 0 Å². The van der Waals surface area contributed by atoms with Gasteiger partial charge in [0.1, 0.15) is 18.1 Å². The molecule has 0 bridgehead atoms. The minimum atomic E-state index is -0.846. The highest BCUT2D eigenvalue weighted by Gasteiger charge is 2.17. The molecule has 0 saturated heterocycles. The van der Waals surface area contributed by atoms with Crippen LogP contribution in [0, 0.1) is 6.92 Å². The van der Waals surface area contributed by atoms with Crippen molar-refractivity contribution in [2.75, 3.05) is 7.11 Å². The standard InChI is InChI=1S/C26H25NO4/c1-18-23(15-26(28)29)24-14-21(30-2)11-12-25(24)27(18)16-20-9-6-10-22(13-20)31-17-19-7-4-3-5-8-19/h3-14H,15-17H2,1-2H3,(H,28,29). The molecule has 1 heterocycles. The summed E-state index contributed by atoms with van der Waals surface area (Å²) in [6, 6.07) is 23.9. The topological polar surface area (TPSA) is 60.7 Å². The Balaban J connectivity index is 1.64. The van der Waals surface area contributed by atoms with Crippen LogP contribution in [0.15, 0.2) is 72.8 Å². The Kier molecular flexibility index (Phi) is 5.94. The van der Waals surface area contributed by atoms with Crippen LogP contribution in [0.4, 0.5) is 0 Å². The van der Waals surface area contributed by atoms with Crippen LogP contribution < -0.4 is 9.47 Å². The minimum Gasteiger partial charge on any atom is -0.497 e. The third-order valence-electron chi connectivity index (χ3n) is 5.48. The Morgan fingerprint density at radius 2 is 1.71 bits per heavy atom. The van der Waals surface area contributed by atoms with Crippen LogP contribution in [-0.2, 0) is 24.4 Å². The van der Waals surface area contributed by atoms with E-state index in [1.807, 2.05) is 73.7 Å². The lowest BCUT2D eigenvalue weighted by Gasteiger charge is -2.12. The molecule has 0 aliphatic heterocycles. The van der Waals surface area contributed by atoms with Crippen LogP contribution in [0.25, 0.3) is 10.9 Å². The molecule has 5 nitrogen and oxygen atoms in total. The van der Waals surface area contributed by atoms with E-state index in [9.17, 15) is 9.90 Å². The summed E-state index contributed by atoms with van der Waals surface area (Å²) in [6.45, 7) is 3.11. The fraction of sp³-hybridized carbons (Fsp3) is 0.192. The molecule has 0 saturated carbocycles. The molecule has 5 heteroatoms. The number of aromatic nitrogens is 1. The van der Waals surface area contributed by atoms with Crippen LogP contribution in [-0.4, -0.2) is 22.8 Å². The highest BCUT2D eigenvalue weighted by atomic mass is 16.5. The molecule has 0 spiro atoms. The highest BCUT2D eigenvalue weighted by Crippen LogP contribution is 2.31. The van der Waals surface area contributed by atoms with Gasteiger partial charge in [-0.3, -0.25) is 4.79 Å². The number of hydrogen-bond donors (Lipinski definition) is 1. The van der Waals surface area contributed by atoms with E-state index in [0.717, 1.165) is 39.0 Å². The third-order valence-corrected chi connectivity index (χ3v) is 5.48. The van der Waals surface area contributed by atoms with Crippen molar-refractivity contribution in [3.05, 3.63) is 95.2 Å². The maximum absolute atomic E-state index is 11.5. The van der Waals surface area contributed by atoms with Crippen molar-refractivity contribution >= 4 is 16.9 Å². The number of ether oxygens (including phenoxy) is 2. The van der Waals surface area contributed by atoms with Gasteiger partial charge in [0.05, 0.1) is 13.5 Å². The molecule has 0 aliphatic carbocycles. The van der Waals surface area contributed by atoms with Gasteiger partial charge >= 0.3 is 5.97 Å². The number of nitrogens with zero attached hydrogens (tertiary/aromatic N) is 1. The molecule has 3 aromatic carbocycles. The van der Waals surface area contributed by atoms with Gasteiger partial charge in [-0.15, -0.1) is 0 Å². The van der Waals surface area contributed by atoms with Gasteiger partial charge in [-0.25, -0.2) is 0 Å². The SMILES string of the molecule is COc1ccc2c(c1)c(CC(=O)O)c(C)n2Cc1cccc(OCc2ccccc2)c1. The molecule has 0 amide bonds. The van der Waals surface area contributed by atoms with Crippen LogP contribution in [0.3, 0.4) is 0 Å². The molecule has 0 radical (unpaired) electrons. The van der Waals surface area contributed by atoms with Crippen LogP contribution in [0.2, 0.25) is 0 Å². The van der Waals surface area contributed by atoms with Crippen LogP contribution in [0.1, 0.15) is 22.4 Å². The molecule has 0 unspecified atom stereocenters. The number of rotatable bonds is 8. The predicted octanol–water partition coefficient (Wildman–Crippen LogP) is 5.21.